The second kappa shape index (κ2) is 7.81. The Hall–Kier alpha value is -1.84. The van der Waals surface area contributed by atoms with Crippen LogP contribution in [0.2, 0.25) is 0 Å². The van der Waals surface area contributed by atoms with Gasteiger partial charge >= 0.3 is 0 Å². The molecule has 1 fully saturated rings. The molecule has 1 aliphatic carbocycles. The normalized spacial score (nSPS) is 20.4. The fraction of sp³-hybridized carbons (Fsp3) is 0.455. The molecule has 0 aliphatic heterocycles. The molecule has 0 aromatic heterocycles. The Morgan fingerprint density at radius 1 is 0.731 bits per heavy atom. The first-order valence-corrected chi connectivity index (χ1v) is 9.26. The van der Waals surface area contributed by atoms with Crippen molar-refractivity contribution in [1.29, 1.82) is 0 Å². The summed E-state index contributed by atoms with van der Waals surface area (Å²) in [5.74, 6) is -2.65. The molecular weight excluding hydrogens is 340 g/mol. The molecular formula is C22H24F4. The first-order chi connectivity index (χ1) is 12.4. The quantitative estimate of drug-likeness (QED) is 0.542. The van der Waals surface area contributed by atoms with Gasteiger partial charge in [0, 0.05) is 6.42 Å². The van der Waals surface area contributed by atoms with Crippen molar-refractivity contribution < 1.29 is 17.6 Å². The summed E-state index contributed by atoms with van der Waals surface area (Å²) in [6.07, 6.45) is 4.70. The summed E-state index contributed by atoms with van der Waals surface area (Å²) in [4.78, 5) is 0. The van der Waals surface area contributed by atoms with Crippen molar-refractivity contribution in [2.75, 3.05) is 0 Å². The first-order valence-electron chi connectivity index (χ1n) is 9.26. The molecule has 26 heavy (non-hydrogen) atoms. The molecule has 2 aromatic rings. The molecule has 140 valence electrons. The Morgan fingerprint density at radius 3 is 1.88 bits per heavy atom. The fourth-order valence-electron chi connectivity index (χ4n) is 3.80. The number of halogens is 4. The molecule has 0 spiro atoms. The van der Waals surface area contributed by atoms with Crippen LogP contribution in [0.3, 0.4) is 0 Å². The zero-order valence-corrected chi connectivity index (χ0v) is 15.2. The average Bonchev–Trinajstić information content (AvgIpc) is 2.63. The molecule has 1 aliphatic rings. The van der Waals surface area contributed by atoms with Crippen LogP contribution in [0.1, 0.15) is 54.9 Å². The molecule has 4 heteroatoms. The van der Waals surface area contributed by atoms with Crippen LogP contribution >= 0.6 is 0 Å². The van der Waals surface area contributed by atoms with E-state index in [0.29, 0.717) is 23.8 Å². The van der Waals surface area contributed by atoms with Crippen molar-refractivity contribution in [2.24, 2.45) is 11.8 Å². The molecule has 0 radical (unpaired) electrons. The van der Waals surface area contributed by atoms with Gasteiger partial charge in [0.05, 0.1) is 0 Å². The van der Waals surface area contributed by atoms with Crippen molar-refractivity contribution in [1.82, 2.24) is 0 Å². The molecule has 0 heterocycles. The summed E-state index contributed by atoms with van der Waals surface area (Å²) in [6.45, 7) is 3.68. The number of rotatable bonds is 4. The van der Waals surface area contributed by atoms with Crippen LogP contribution in [-0.4, -0.2) is 0 Å². The van der Waals surface area contributed by atoms with E-state index in [0.717, 1.165) is 25.7 Å². The summed E-state index contributed by atoms with van der Waals surface area (Å²) >= 11 is 0. The predicted molar refractivity (Wildman–Crippen MR) is 95.1 cm³/mol. The van der Waals surface area contributed by atoms with Gasteiger partial charge in [-0.3, -0.25) is 0 Å². The van der Waals surface area contributed by atoms with Crippen LogP contribution in [-0.2, 0) is 12.8 Å². The van der Waals surface area contributed by atoms with Crippen molar-refractivity contribution >= 4 is 0 Å². The molecule has 1 saturated carbocycles. The number of aryl methyl sites for hydroxylation is 1. The lowest BCUT2D eigenvalue weighted by Gasteiger charge is -2.26. The zero-order chi connectivity index (χ0) is 18.8. The first kappa shape index (κ1) is 18.9. The Labute approximate surface area is 152 Å². The van der Waals surface area contributed by atoms with Gasteiger partial charge in [-0.1, -0.05) is 44.0 Å². The van der Waals surface area contributed by atoms with E-state index in [4.69, 9.17) is 0 Å². The lowest BCUT2D eigenvalue weighted by Crippen LogP contribution is -2.15. The third kappa shape index (κ3) is 3.94. The smallest absolute Gasteiger partial charge is 0.162 e. The second-order valence-electron chi connectivity index (χ2n) is 7.69. The van der Waals surface area contributed by atoms with E-state index in [1.807, 2.05) is 0 Å². The highest BCUT2D eigenvalue weighted by atomic mass is 19.2. The fourth-order valence-corrected chi connectivity index (χ4v) is 3.80. The van der Waals surface area contributed by atoms with E-state index in [9.17, 15) is 17.6 Å². The Kier molecular flexibility index (Phi) is 5.69. The Bertz CT molecular complexity index is 789. The highest BCUT2D eigenvalue weighted by Gasteiger charge is 2.22. The van der Waals surface area contributed by atoms with Crippen LogP contribution in [0.4, 0.5) is 17.6 Å². The van der Waals surface area contributed by atoms with Crippen LogP contribution in [0, 0.1) is 42.0 Å². The van der Waals surface area contributed by atoms with Gasteiger partial charge in [0.25, 0.3) is 0 Å². The molecule has 0 N–H and O–H groups in total. The highest BCUT2D eigenvalue weighted by Crippen LogP contribution is 2.32. The number of benzene rings is 2. The van der Waals surface area contributed by atoms with E-state index in [1.165, 1.54) is 25.1 Å². The minimum atomic E-state index is -0.995. The van der Waals surface area contributed by atoms with Crippen molar-refractivity contribution in [2.45, 2.75) is 52.4 Å². The minimum absolute atomic E-state index is 0.0282. The number of hydrogen-bond donors (Lipinski definition) is 0. The molecule has 3 rings (SSSR count). The summed E-state index contributed by atoms with van der Waals surface area (Å²) in [7, 11) is 0. The lowest BCUT2D eigenvalue weighted by molar-refractivity contribution is 0.286. The maximum absolute atomic E-state index is 14.5. The number of hydrogen-bond acceptors (Lipinski definition) is 0. The third-order valence-corrected chi connectivity index (χ3v) is 5.62. The van der Waals surface area contributed by atoms with Crippen LogP contribution in [0.25, 0.3) is 0 Å². The monoisotopic (exact) mass is 364 g/mol. The Balaban J connectivity index is 1.78. The van der Waals surface area contributed by atoms with Crippen LogP contribution in [0.15, 0.2) is 24.3 Å². The van der Waals surface area contributed by atoms with Gasteiger partial charge in [0.15, 0.2) is 23.3 Å². The van der Waals surface area contributed by atoms with Crippen molar-refractivity contribution in [3.8, 4) is 0 Å². The SMILES string of the molecule is Cc1ccc(Cc2ccc(CC3CCC(C)CC3)c(F)c2F)c(F)c1F. The molecule has 0 bridgehead atoms. The molecule has 0 atom stereocenters. The van der Waals surface area contributed by atoms with Gasteiger partial charge in [-0.05, 0) is 60.3 Å². The minimum Gasteiger partial charge on any atom is -0.203 e. The van der Waals surface area contributed by atoms with Gasteiger partial charge in [-0.15, -0.1) is 0 Å². The van der Waals surface area contributed by atoms with Crippen LogP contribution in [0.5, 0.6) is 0 Å². The molecule has 0 unspecified atom stereocenters. The maximum Gasteiger partial charge on any atom is 0.162 e. The van der Waals surface area contributed by atoms with E-state index < -0.39 is 23.3 Å². The zero-order valence-electron chi connectivity index (χ0n) is 15.2. The summed E-state index contributed by atoms with van der Waals surface area (Å²) in [5, 5.41) is 0. The van der Waals surface area contributed by atoms with Crippen molar-refractivity contribution in [3.63, 3.8) is 0 Å². The van der Waals surface area contributed by atoms with E-state index in [2.05, 4.69) is 6.92 Å². The van der Waals surface area contributed by atoms with Gasteiger partial charge in [-0.2, -0.15) is 0 Å². The molecule has 0 saturated heterocycles. The van der Waals surface area contributed by atoms with Gasteiger partial charge in [-0.25, -0.2) is 17.6 Å². The van der Waals surface area contributed by atoms with E-state index >= 15 is 0 Å². The topological polar surface area (TPSA) is 0 Å². The summed E-state index contributed by atoms with van der Waals surface area (Å²) in [6, 6.07) is 5.95. The van der Waals surface area contributed by atoms with Gasteiger partial charge in [0.2, 0.25) is 0 Å². The summed E-state index contributed by atoms with van der Waals surface area (Å²) < 4.78 is 56.7. The highest BCUT2D eigenvalue weighted by molar-refractivity contribution is 5.34. The third-order valence-electron chi connectivity index (χ3n) is 5.62. The van der Waals surface area contributed by atoms with Crippen molar-refractivity contribution in [3.05, 3.63) is 69.8 Å². The standard InChI is InChI=1S/C22H24F4/c1-13-3-6-15(7-4-13)11-16-9-10-18(22(26)21(16)25)12-17-8-5-14(2)19(23)20(17)24/h5,8-10,13,15H,3-4,6-7,11-12H2,1-2H3. The molecule has 0 amide bonds. The largest absolute Gasteiger partial charge is 0.203 e. The Morgan fingerprint density at radius 2 is 1.23 bits per heavy atom. The maximum atomic E-state index is 14.5. The second-order valence-corrected chi connectivity index (χ2v) is 7.69. The molecule has 0 nitrogen and oxygen atoms in total. The average molecular weight is 364 g/mol. The predicted octanol–water partition coefficient (Wildman–Crippen LogP) is 6.51. The lowest BCUT2D eigenvalue weighted by atomic mass is 9.80. The van der Waals surface area contributed by atoms with Crippen LogP contribution < -0.4 is 0 Å². The van der Waals surface area contributed by atoms with Gasteiger partial charge in [0.1, 0.15) is 0 Å². The summed E-state index contributed by atoms with van der Waals surface area (Å²) in [5.41, 5.74) is 0.641. The van der Waals surface area contributed by atoms with Gasteiger partial charge < -0.3 is 0 Å². The van der Waals surface area contributed by atoms with E-state index in [1.54, 1.807) is 6.07 Å². The molecule has 2 aromatic carbocycles. The van der Waals surface area contributed by atoms with E-state index in [-0.39, 0.29) is 23.1 Å².